The molecule has 0 aliphatic carbocycles. The van der Waals surface area contributed by atoms with Gasteiger partial charge in [0.25, 0.3) is 0 Å². The van der Waals surface area contributed by atoms with Crippen LogP contribution in [0.15, 0.2) is 24.3 Å². The Morgan fingerprint density at radius 3 is 2.45 bits per heavy atom. The Morgan fingerprint density at radius 1 is 1.10 bits per heavy atom. The van der Waals surface area contributed by atoms with Gasteiger partial charge in [-0.3, -0.25) is 14.4 Å². The first kappa shape index (κ1) is 20.1. The van der Waals surface area contributed by atoms with Crippen molar-refractivity contribution in [2.75, 3.05) is 33.3 Å². The van der Waals surface area contributed by atoms with Gasteiger partial charge in [0, 0.05) is 32.7 Å². The number of aliphatic hydroxyl groups excluding tert-OH is 1. The zero-order valence-corrected chi connectivity index (χ0v) is 17.4. The van der Waals surface area contributed by atoms with E-state index in [0.717, 1.165) is 0 Å². The molecule has 4 aliphatic heterocycles. The molecule has 0 aromatic rings. The number of nitrogens with zero attached hydrogens (tertiary/aromatic N) is 3. The summed E-state index contributed by atoms with van der Waals surface area (Å²) in [5.41, 5.74) is -2.21. The van der Waals surface area contributed by atoms with Crippen molar-refractivity contribution in [2.45, 2.75) is 44.1 Å². The predicted octanol–water partition coefficient (Wildman–Crippen LogP) is -0.215. The fourth-order valence-electron chi connectivity index (χ4n) is 5.47. The van der Waals surface area contributed by atoms with E-state index in [4.69, 9.17) is 4.74 Å². The molecule has 2 fully saturated rings. The molecule has 1 unspecified atom stereocenters. The minimum atomic E-state index is -1.23. The van der Waals surface area contributed by atoms with Gasteiger partial charge in [0.15, 0.2) is 0 Å². The van der Waals surface area contributed by atoms with Crippen molar-refractivity contribution in [3.8, 4) is 0 Å². The van der Waals surface area contributed by atoms with E-state index in [0.29, 0.717) is 13.1 Å². The molecule has 1 N–H and O–H groups in total. The number of amides is 3. The van der Waals surface area contributed by atoms with Crippen molar-refractivity contribution in [2.24, 2.45) is 11.8 Å². The van der Waals surface area contributed by atoms with Crippen LogP contribution in [0.25, 0.3) is 0 Å². The van der Waals surface area contributed by atoms with E-state index in [-0.39, 0.29) is 36.9 Å². The van der Waals surface area contributed by atoms with Crippen LogP contribution >= 0.6 is 0 Å². The number of hydrogen-bond donors (Lipinski definition) is 1. The van der Waals surface area contributed by atoms with Crippen molar-refractivity contribution < 1.29 is 24.2 Å². The summed E-state index contributed by atoms with van der Waals surface area (Å²) in [5.74, 6) is -2.22. The van der Waals surface area contributed by atoms with E-state index in [1.165, 1.54) is 4.90 Å². The van der Waals surface area contributed by atoms with Crippen LogP contribution < -0.4 is 0 Å². The van der Waals surface area contributed by atoms with Crippen LogP contribution in [0.2, 0.25) is 0 Å². The molecule has 4 rings (SSSR count). The Bertz CT molecular complexity index is 808. The molecule has 0 bridgehead atoms. The summed E-state index contributed by atoms with van der Waals surface area (Å²) in [6.07, 6.45) is 7.42. The molecular weight excluding hydrogens is 374 g/mol. The van der Waals surface area contributed by atoms with E-state index in [1.807, 2.05) is 45.1 Å². The largest absolute Gasteiger partial charge is 0.395 e. The van der Waals surface area contributed by atoms with Crippen LogP contribution in [0.5, 0.6) is 0 Å². The molecule has 8 heteroatoms. The standard InChI is InChI=1S/C21H29N3O5/c1-13(2)23-10-6-8-21-15(18(27)24(11-12-25)16(21)19(23)28)14-17(26)22(4)9-5-7-20(14,3)29-21/h5-8,13-16,25H,9-12H2,1-4H3/t14-,15+,16?,20+,21+/m1/s1. The lowest BCUT2D eigenvalue weighted by Crippen LogP contribution is -2.57. The summed E-state index contributed by atoms with van der Waals surface area (Å²) >= 11 is 0. The van der Waals surface area contributed by atoms with Gasteiger partial charge in [0.1, 0.15) is 11.6 Å². The molecule has 0 aromatic carbocycles. The summed E-state index contributed by atoms with van der Waals surface area (Å²) in [7, 11) is 1.71. The smallest absolute Gasteiger partial charge is 0.249 e. The lowest BCUT2D eigenvalue weighted by molar-refractivity contribution is -0.153. The van der Waals surface area contributed by atoms with Crippen LogP contribution in [-0.2, 0) is 19.1 Å². The van der Waals surface area contributed by atoms with Gasteiger partial charge < -0.3 is 24.5 Å². The molecular formula is C21H29N3O5. The average molecular weight is 403 g/mol. The molecule has 3 amide bonds. The van der Waals surface area contributed by atoms with Gasteiger partial charge >= 0.3 is 0 Å². The van der Waals surface area contributed by atoms with Gasteiger partial charge in [-0.15, -0.1) is 0 Å². The van der Waals surface area contributed by atoms with Crippen LogP contribution in [-0.4, -0.2) is 94.1 Å². The molecule has 4 aliphatic rings. The molecule has 0 saturated carbocycles. The van der Waals surface area contributed by atoms with E-state index >= 15 is 0 Å². The number of hydrogen-bond acceptors (Lipinski definition) is 5. The highest BCUT2D eigenvalue weighted by atomic mass is 16.5. The number of likely N-dealkylation sites (N-methyl/N-ethyl adjacent to an activating group) is 1. The number of rotatable bonds is 3. The highest BCUT2D eigenvalue weighted by molar-refractivity contribution is 6.00. The monoisotopic (exact) mass is 403 g/mol. The Kier molecular flexibility index (Phi) is 4.62. The minimum absolute atomic E-state index is 0.0277. The second kappa shape index (κ2) is 6.67. The van der Waals surface area contributed by atoms with E-state index in [9.17, 15) is 19.5 Å². The van der Waals surface area contributed by atoms with Gasteiger partial charge in [-0.2, -0.15) is 0 Å². The summed E-state index contributed by atoms with van der Waals surface area (Å²) in [4.78, 5) is 45.1. The molecule has 8 nitrogen and oxygen atoms in total. The van der Waals surface area contributed by atoms with E-state index < -0.39 is 29.1 Å². The molecule has 5 atom stereocenters. The summed E-state index contributed by atoms with van der Waals surface area (Å²) in [6.45, 7) is 6.30. The number of likely N-dealkylation sites (tertiary alicyclic amines) is 1. The average Bonchev–Trinajstić information content (AvgIpc) is 2.91. The second-order valence-electron chi connectivity index (χ2n) is 8.86. The highest BCUT2D eigenvalue weighted by Gasteiger charge is 2.74. The third kappa shape index (κ3) is 2.61. The lowest BCUT2D eigenvalue weighted by Gasteiger charge is -2.38. The zero-order chi connectivity index (χ0) is 21.1. The van der Waals surface area contributed by atoms with Gasteiger partial charge in [-0.1, -0.05) is 24.3 Å². The number of fused-ring (bicyclic) bond motifs is 2. The molecule has 0 aromatic heterocycles. The number of aliphatic hydroxyl groups is 1. The second-order valence-corrected chi connectivity index (χ2v) is 8.86. The van der Waals surface area contributed by atoms with Crippen molar-refractivity contribution >= 4 is 17.7 Å². The first-order valence-electron chi connectivity index (χ1n) is 10.2. The minimum Gasteiger partial charge on any atom is -0.395 e. The van der Waals surface area contributed by atoms with Gasteiger partial charge in [-0.25, -0.2) is 0 Å². The molecule has 1 spiro atoms. The quantitative estimate of drug-likeness (QED) is 0.659. The maximum atomic E-state index is 13.6. The molecule has 2 saturated heterocycles. The molecule has 0 radical (unpaired) electrons. The normalized spacial score (nSPS) is 39.0. The molecule has 4 heterocycles. The van der Waals surface area contributed by atoms with Gasteiger partial charge in [-0.05, 0) is 20.8 Å². The Hall–Kier alpha value is -2.19. The number of β-amino-alcohol motifs (C(OH)–C–C–N with tert-alkyl or cyclic N) is 1. The third-order valence-corrected chi connectivity index (χ3v) is 6.75. The van der Waals surface area contributed by atoms with Crippen molar-refractivity contribution in [1.82, 2.24) is 14.7 Å². The maximum Gasteiger partial charge on any atom is 0.249 e. The summed E-state index contributed by atoms with van der Waals surface area (Å²) in [5, 5.41) is 9.59. The Labute approximate surface area is 170 Å². The number of carbonyl (C=O) groups excluding carboxylic acids is 3. The van der Waals surface area contributed by atoms with E-state index in [1.54, 1.807) is 16.8 Å². The van der Waals surface area contributed by atoms with Crippen molar-refractivity contribution in [3.05, 3.63) is 24.3 Å². The van der Waals surface area contributed by atoms with Crippen LogP contribution in [0.4, 0.5) is 0 Å². The van der Waals surface area contributed by atoms with Gasteiger partial charge in [0.05, 0.1) is 24.0 Å². The third-order valence-electron chi connectivity index (χ3n) is 6.75. The van der Waals surface area contributed by atoms with Crippen LogP contribution in [0.1, 0.15) is 20.8 Å². The highest BCUT2D eigenvalue weighted by Crippen LogP contribution is 2.57. The predicted molar refractivity (Wildman–Crippen MR) is 105 cm³/mol. The van der Waals surface area contributed by atoms with E-state index in [2.05, 4.69) is 0 Å². The molecule has 29 heavy (non-hydrogen) atoms. The fraction of sp³-hybridized carbons (Fsp3) is 0.667. The fourth-order valence-corrected chi connectivity index (χ4v) is 5.47. The van der Waals surface area contributed by atoms with Crippen molar-refractivity contribution in [1.29, 1.82) is 0 Å². The first-order valence-corrected chi connectivity index (χ1v) is 10.2. The maximum absolute atomic E-state index is 13.6. The lowest BCUT2D eigenvalue weighted by atomic mass is 9.74. The summed E-state index contributed by atoms with van der Waals surface area (Å²) in [6, 6.07) is -0.953. The zero-order valence-electron chi connectivity index (χ0n) is 17.4. The number of ether oxygens (including phenoxy) is 1. The Morgan fingerprint density at radius 2 is 1.79 bits per heavy atom. The number of carbonyl (C=O) groups is 3. The van der Waals surface area contributed by atoms with Crippen LogP contribution in [0.3, 0.4) is 0 Å². The summed E-state index contributed by atoms with van der Waals surface area (Å²) < 4.78 is 6.58. The van der Waals surface area contributed by atoms with Crippen molar-refractivity contribution in [3.63, 3.8) is 0 Å². The topological polar surface area (TPSA) is 90.4 Å². The molecule has 158 valence electrons. The van der Waals surface area contributed by atoms with Gasteiger partial charge in [0.2, 0.25) is 17.7 Å². The van der Waals surface area contributed by atoms with Crippen LogP contribution in [0, 0.1) is 11.8 Å². The SMILES string of the molecule is CC(C)N1CC=C[C@]23O[C@@]4(C)C=CCN(C)C(=O)[C@H]4[C@H]2C(=O)N(CCO)C3C1=O. The Balaban J connectivity index is 1.90. The first-order chi connectivity index (χ1) is 13.7.